The lowest BCUT2D eigenvalue weighted by Crippen LogP contribution is -2.37. The van der Waals surface area contributed by atoms with Gasteiger partial charge in [0, 0.05) is 37.6 Å². The Hall–Kier alpha value is -5.90. The molecule has 3 heterocycles. The summed E-state index contributed by atoms with van der Waals surface area (Å²) in [6.07, 6.45) is 0. The average molecular weight is 638 g/mol. The number of carboxylic acid groups (broad SMARTS) is 1. The van der Waals surface area contributed by atoms with E-state index in [0.29, 0.717) is 0 Å². The van der Waals surface area contributed by atoms with Gasteiger partial charge in [-0.1, -0.05) is 12.1 Å². The lowest BCUT2D eigenvalue weighted by Gasteiger charge is -2.14. The minimum Gasteiger partial charge on any atom is -0.507 e. The predicted molar refractivity (Wildman–Crippen MR) is 163 cm³/mol. The van der Waals surface area contributed by atoms with E-state index < -0.39 is 59.1 Å². The van der Waals surface area contributed by atoms with Gasteiger partial charge in [-0.2, -0.15) is 0 Å². The molecule has 0 atom stereocenters. The molecule has 242 valence electrons. The van der Waals surface area contributed by atoms with Crippen molar-refractivity contribution in [3.8, 4) is 17.2 Å². The summed E-state index contributed by atoms with van der Waals surface area (Å²) in [6, 6.07) is 8.80. The van der Waals surface area contributed by atoms with Crippen LogP contribution in [0.3, 0.4) is 0 Å². The van der Waals surface area contributed by atoms with Crippen LogP contribution in [-0.2, 0) is 17.9 Å². The van der Waals surface area contributed by atoms with Crippen LogP contribution in [0, 0.1) is 13.8 Å². The average Bonchev–Trinajstić information content (AvgIpc) is 3.01. The van der Waals surface area contributed by atoms with E-state index >= 15 is 0 Å². The molecule has 0 bridgehead atoms. The number of carbonyl (C=O) groups is 3. The number of aliphatic carboxylic acids is 1. The van der Waals surface area contributed by atoms with E-state index in [4.69, 9.17) is 9.52 Å². The first-order chi connectivity index (χ1) is 21.8. The van der Waals surface area contributed by atoms with Gasteiger partial charge < -0.3 is 45.4 Å². The van der Waals surface area contributed by atoms with Crippen LogP contribution in [0.4, 0.5) is 0 Å². The molecule has 4 rings (SSSR count). The first-order valence-corrected chi connectivity index (χ1v) is 13.9. The molecule has 0 aliphatic heterocycles. The summed E-state index contributed by atoms with van der Waals surface area (Å²) in [5, 5.41) is 48.4. The highest BCUT2D eigenvalue weighted by atomic mass is 16.4. The van der Waals surface area contributed by atoms with Gasteiger partial charge in [-0.25, -0.2) is 4.79 Å². The van der Waals surface area contributed by atoms with Crippen molar-refractivity contribution < 1.29 is 39.2 Å². The first kappa shape index (κ1) is 33.0. The van der Waals surface area contributed by atoms with Crippen molar-refractivity contribution in [3.05, 3.63) is 95.6 Å². The van der Waals surface area contributed by atoms with Gasteiger partial charge in [0.25, 0.3) is 22.9 Å². The number of aromatic nitrogens is 2. The van der Waals surface area contributed by atoms with Crippen molar-refractivity contribution >= 4 is 28.8 Å². The van der Waals surface area contributed by atoms with Gasteiger partial charge in [-0.15, -0.1) is 0 Å². The highest BCUT2D eigenvalue weighted by molar-refractivity contribution is 5.97. The molecule has 46 heavy (non-hydrogen) atoms. The Bertz CT molecular complexity index is 2030. The number of benzene rings is 1. The maximum absolute atomic E-state index is 12.9. The number of amides is 2. The number of carbonyl (C=O) groups excluding carboxylic acids is 2. The Kier molecular flexibility index (Phi) is 9.91. The molecule has 0 radical (unpaired) electrons. The Morgan fingerprint density at radius 3 is 1.85 bits per heavy atom. The van der Waals surface area contributed by atoms with Crippen molar-refractivity contribution in [1.82, 2.24) is 25.1 Å². The standard InChI is InChI=1S/C30H31N5O11/c1-15-11-18(24(39)28(43)34(15)13-20-23(38)17-5-3-4-6-21(17)46-30(20)45)26(41)32-9-7-31-8-10-33-27(42)19-12-16(2)35(14-22(36)37)29(44)25(19)40/h3-6,11-12,31,38-40H,7-10,13-14H2,1-2H3,(H,32,41)(H,33,42)(H,36,37). The van der Waals surface area contributed by atoms with E-state index in [2.05, 4.69) is 16.0 Å². The Morgan fingerprint density at radius 1 is 0.761 bits per heavy atom. The maximum atomic E-state index is 12.9. The summed E-state index contributed by atoms with van der Waals surface area (Å²) in [6.45, 7) is 2.45. The molecule has 16 heteroatoms. The largest absolute Gasteiger partial charge is 0.507 e. The zero-order valence-electron chi connectivity index (χ0n) is 24.7. The Morgan fingerprint density at radius 2 is 1.28 bits per heavy atom. The number of rotatable bonds is 12. The molecule has 0 aliphatic rings. The van der Waals surface area contributed by atoms with Crippen LogP contribution in [-0.4, -0.2) is 73.5 Å². The Balaban J connectivity index is 1.30. The molecule has 4 aromatic rings. The first-order valence-electron chi connectivity index (χ1n) is 13.9. The highest BCUT2D eigenvalue weighted by Crippen LogP contribution is 2.27. The molecule has 0 spiro atoms. The van der Waals surface area contributed by atoms with Crippen molar-refractivity contribution in [1.29, 1.82) is 0 Å². The number of nitrogens with one attached hydrogen (secondary N) is 3. The molecule has 0 aliphatic carbocycles. The van der Waals surface area contributed by atoms with Crippen molar-refractivity contribution in [2.75, 3.05) is 26.2 Å². The van der Waals surface area contributed by atoms with Crippen LogP contribution >= 0.6 is 0 Å². The number of hydrogen-bond acceptors (Lipinski definition) is 11. The minimum absolute atomic E-state index is 0.0716. The third-order valence-electron chi connectivity index (χ3n) is 7.11. The zero-order valence-corrected chi connectivity index (χ0v) is 24.7. The zero-order chi connectivity index (χ0) is 33.7. The van der Waals surface area contributed by atoms with Gasteiger partial charge in [-0.05, 0) is 38.1 Å². The van der Waals surface area contributed by atoms with Gasteiger partial charge in [0.2, 0.25) is 0 Å². The predicted octanol–water partition coefficient (Wildman–Crippen LogP) is -0.268. The minimum atomic E-state index is -1.28. The molecule has 16 nitrogen and oxygen atoms in total. The van der Waals surface area contributed by atoms with E-state index in [1.807, 2.05) is 0 Å². The van der Waals surface area contributed by atoms with Crippen LogP contribution in [0.1, 0.15) is 37.7 Å². The quantitative estimate of drug-likeness (QED) is 0.0785. The summed E-state index contributed by atoms with van der Waals surface area (Å²) in [7, 11) is 0. The summed E-state index contributed by atoms with van der Waals surface area (Å²) in [5.41, 5.74) is -3.02. The topological polar surface area (TPSA) is 242 Å². The normalized spacial score (nSPS) is 11.0. The molecule has 0 fully saturated rings. The Labute approximate surface area is 259 Å². The number of aromatic hydroxyl groups is 3. The van der Waals surface area contributed by atoms with Crippen LogP contribution in [0.25, 0.3) is 11.0 Å². The monoisotopic (exact) mass is 637 g/mol. The van der Waals surface area contributed by atoms with Gasteiger partial charge in [0.05, 0.1) is 28.6 Å². The molecule has 0 unspecified atom stereocenters. The number of aryl methyl sites for hydroxylation is 2. The van der Waals surface area contributed by atoms with Crippen molar-refractivity contribution in [2.45, 2.75) is 26.9 Å². The number of hydrogen-bond donors (Lipinski definition) is 7. The molecular formula is C30H31N5O11. The second kappa shape index (κ2) is 13.8. The SMILES string of the molecule is Cc1cc(C(=O)NCCNCCNC(=O)c2cc(C)n(Cc3c(O)c4ccccc4oc3=O)c(=O)c2O)c(O)c(=O)n1CC(=O)O. The number of carboxylic acids is 1. The fraction of sp³-hybridized carbons (Fsp3) is 0.267. The van der Waals surface area contributed by atoms with Gasteiger partial charge in [0.1, 0.15) is 17.9 Å². The number of pyridine rings is 2. The summed E-state index contributed by atoms with van der Waals surface area (Å²) < 4.78 is 7.09. The molecule has 7 N–H and O–H groups in total. The van der Waals surface area contributed by atoms with Crippen molar-refractivity contribution in [3.63, 3.8) is 0 Å². The second-order valence-electron chi connectivity index (χ2n) is 10.2. The van der Waals surface area contributed by atoms with Gasteiger partial charge >= 0.3 is 11.6 Å². The number of nitrogens with zero attached hydrogens (tertiary/aromatic N) is 2. The number of para-hydroxylation sites is 1. The molecule has 3 aromatic heterocycles. The molecule has 0 saturated carbocycles. The van der Waals surface area contributed by atoms with Crippen LogP contribution in [0.2, 0.25) is 0 Å². The van der Waals surface area contributed by atoms with E-state index in [1.165, 1.54) is 32.0 Å². The molecule has 2 amide bonds. The molecule has 0 saturated heterocycles. The molecule has 1 aromatic carbocycles. The van der Waals surface area contributed by atoms with Gasteiger partial charge in [0.15, 0.2) is 11.5 Å². The number of fused-ring (bicyclic) bond motifs is 1. The lowest BCUT2D eigenvalue weighted by atomic mass is 10.1. The fourth-order valence-electron chi connectivity index (χ4n) is 4.71. The third kappa shape index (κ3) is 6.91. The maximum Gasteiger partial charge on any atom is 0.345 e. The summed E-state index contributed by atoms with van der Waals surface area (Å²) in [5.74, 6) is -4.85. The van der Waals surface area contributed by atoms with E-state index in [9.17, 15) is 44.1 Å². The van der Waals surface area contributed by atoms with E-state index in [-0.39, 0.29) is 71.0 Å². The van der Waals surface area contributed by atoms with E-state index in [0.717, 1.165) is 9.13 Å². The summed E-state index contributed by atoms with van der Waals surface area (Å²) in [4.78, 5) is 73.7. The fourth-order valence-corrected chi connectivity index (χ4v) is 4.71. The smallest absolute Gasteiger partial charge is 0.345 e. The third-order valence-corrected chi connectivity index (χ3v) is 7.11. The second-order valence-corrected chi connectivity index (χ2v) is 10.2. The van der Waals surface area contributed by atoms with Crippen LogP contribution in [0.5, 0.6) is 17.2 Å². The van der Waals surface area contributed by atoms with E-state index in [1.54, 1.807) is 18.2 Å². The lowest BCUT2D eigenvalue weighted by molar-refractivity contribution is -0.137. The highest BCUT2D eigenvalue weighted by Gasteiger charge is 2.22. The van der Waals surface area contributed by atoms with Gasteiger partial charge in [-0.3, -0.25) is 28.5 Å². The molecular weight excluding hydrogens is 606 g/mol. The van der Waals surface area contributed by atoms with Crippen molar-refractivity contribution in [2.24, 2.45) is 0 Å². The van der Waals surface area contributed by atoms with Crippen LogP contribution in [0.15, 0.2) is 55.2 Å². The van der Waals surface area contributed by atoms with Crippen LogP contribution < -0.4 is 32.7 Å². The summed E-state index contributed by atoms with van der Waals surface area (Å²) >= 11 is 0.